The summed E-state index contributed by atoms with van der Waals surface area (Å²) in [5.74, 6) is -1.33. The zero-order chi connectivity index (χ0) is 17.9. The maximum Gasteiger partial charge on any atom is 0.407 e. The molecule has 0 aromatic heterocycles. The topological polar surface area (TPSA) is 111 Å². The van der Waals surface area contributed by atoms with Crippen molar-refractivity contribution in [3.63, 3.8) is 0 Å². The van der Waals surface area contributed by atoms with E-state index < -0.39 is 23.9 Å². The molecule has 0 saturated heterocycles. The summed E-state index contributed by atoms with van der Waals surface area (Å²) in [6, 6.07) is 0. The molecule has 1 aliphatic rings. The van der Waals surface area contributed by atoms with E-state index in [0.717, 1.165) is 17.1 Å². The lowest BCUT2D eigenvalue weighted by atomic mass is 10.4. The predicted octanol–water partition coefficient (Wildman–Crippen LogP) is -0.226. The Morgan fingerprint density at radius 1 is 1.08 bits per heavy atom. The number of nitrogens with zero attached hydrogens (tertiary/aromatic N) is 1. The fourth-order valence-electron chi connectivity index (χ4n) is 1.58. The fraction of sp³-hybridized carbons (Fsp3) is 0.467. The van der Waals surface area contributed by atoms with Gasteiger partial charge in [-0.25, -0.2) is 9.59 Å². The molecule has 0 atom stereocenters. The lowest BCUT2D eigenvalue weighted by Crippen LogP contribution is -2.35. The normalized spacial score (nSPS) is 13.1. The Kier molecular flexibility index (Phi) is 8.20. The third-order valence-corrected chi connectivity index (χ3v) is 2.77. The number of nitrogens with one attached hydrogen (secondary N) is 1. The van der Waals surface area contributed by atoms with Crippen molar-refractivity contribution in [2.24, 2.45) is 0 Å². The van der Waals surface area contributed by atoms with Crippen LogP contribution in [-0.4, -0.2) is 68.3 Å². The molecule has 24 heavy (non-hydrogen) atoms. The minimum Gasteiger partial charge on any atom is -0.460 e. The summed E-state index contributed by atoms with van der Waals surface area (Å²) in [6.45, 7) is 5.61. The third-order valence-electron chi connectivity index (χ3n) is 2.77. The maximum atomic E-state index is 11.4. The number of carbonyl (C=O) groups excluding carboxylic acids is 4. The predicted molar refractivity (Wildman–Crippen MR) is 81.8 cm³/mol. The number of rotatable bonds is 10. The van der Waals surface area contributed by atoms with Gasteiger partial charge in [0.25, 0.3) is 11.8 Å². The van der Waals surface area contributed by atoms with E-state index in [1.54, 1.807) is 6.92 Å². The number of carbonyl (C=O) groups is 4. The zero-order valence-corrected chi connectivity index (χ0v) is 13.4. The average Bonchev–Trinajstić information content (AvgIpc) is 2.85. The molecule has 1 aliphatic heterocycles. The second-order valence-corrected chi connectivity index (χ2v) is 4.75. The van der Waals surface area contributed by atoms with Gasteiger partial charge in [0, 0.05) is 24.3 Å². The molecule has 132 valence electrons. The Labute approximate surface area is 139 Å². The van der Waals surface area contributed by atoms with Crippen molar-refractivity contribution in [3.05, 3.63) is 24.3 Å². The molecule has 0 radical (unpaired) electrons. The number of imide groups is 1. The highest BCUT2D eigenvalue weighted by molar-refractivity contribution is 6.12. The van der Waals surface area contributed by atoms with Crippen molar-refractivity contribution < 1.29 is 33.4 Å². The van der Waals surface area contributed by atoms with Crippen LogP contribution in [0.3, 0.4) is 0 Å². The quantitative estimate of drug-likeness (QED) is 0.253. The van der Waals surface area contributed by atoms with E-state index in [1.807, 2.05) is 0 Å². The van der Waals surface area contributed by atoms with Gasteiger partial charge in [0.15, 0.2) is 0 Å². The van der Waals surface area contributed by atoms with E-state index in [0.29, 0.717) is 5.57 Å². The van der Waals surface area contributed by atoms with Gasteiger partial charge in [-0.3, -0.25) is 14.5 Å². The molecule has 0 fully saturated rings. The molecule has 0 aromatic rings. The molecule has 0 saturated carbocycles. The van der Waals surface area contributed by atoms with Gasteiger partial charge in [0.05, 0.1) is 19.8 Å². The highest BCUT2D eigenvalue weighted by atomic mass is 16.6. The van der Waals surface area contributed by atoms with Crippen LogP contribution in [0.25, 0.3) is 0 Å². The smallest absolute Gasteiger partial charge is 0.407 e. The second kappa shape index (κ2) is 10.2. The number of amides is 3. The van der Waals surface area contributed by atoms with Gasteiger partial charge in [-0.2, -0.15) is 0 Å². The molecule has 1 N–H and O–H groups in total. The number of hydrogen-bond acceptors (Lipinski definition) is 7. The van der Waals surface area contributed by atoms with E-state index in [4.69, 9.17) is 14.2 Å². The van der Waals surface area contributed by atoms with E-state index in [9.17, 15) is 19.2 Å². The second-order valence-electron chi connectivity index (χ2n) is 4.75. The summed E-state index contributed by atoms with van der Waals surface area (Å²) in [6.07, 6.45) is 1.64. The minimum absolute atomic E-state index is 0.00265. The molecule has 9 nitrogen and oxygen atoms in total. The lowest BCUT2D eigenvalue weighted by molar-refractivity contribution is -0.140. The third kappa shape index (κ3) is 7.05. The standard InChI is InChI=1S/C15H20N2O7/c1-11(2)14(20)23-10-9-22-7-5-16-15(21)24-8-6-17-12(18)3-4-13(17)19/h3-4H,1,5-10H2,2H3,(H,16,21). The van der Waals surface area contributed by atoms with Crippen molar-refractivity contribution in [1.82, 2.24) is 10.2 Å². The molecule has 0 bridgehead atoms. The van der Waals surface area contributed by atoms with Crippen molar-refractivity contribution >= 4 is 23.9 Å². The molecular formula is C15H20N2O7. The number of hydrogen-bond donors (Lipinski definition) is 1. The Morgan fingerprint density at radius 3 is 2.38 bits per heavy atom. The van der Waals surface area contributed by atoms with Crippen LogP contribution in [0, 0.1) is 0 Å². The van der Waals surface area contributed by atoms with Crippen LogP contribution < -0.4 is 5.32 Å². The number of esters is 1. The van der Waals surface area contributed by atoms with Gasteiger partial charge >= 0.3 is 12.1 Å². The molecular weight excluding hydrogens is 320 g/mol. The largest absolute Gasteiger partial charge is 0.460 e. The summed E-state index contributed by atoms with van der Waals surface area (Å²) in [5, 5.41) is 2.44. The first-order valence-corrected chi connectivity index (χ1v) is 7.26. The number of alkyl carbamates (subject to hydrolysis) is 1. The molecule has 0 spiro atoms. The van der Waals surface area contributed by atoms with Crippen LogP contribution in [0.15, 0.2) is 24.3 Å². The van der Waals surface area contributed by atoms with Crippen molar-refractivity contribution in [2.75, 3.05) is 39.5 Å². The highest BCUT2D eigenvalue weighted by Crippen LogP contribution is 2.02. The first-order chi connectivity index (χ1) is 11.4. The Bertz CT molecular complexity index is 524. The lowest BCUT2D eigenvalue weighted by Gasteiger charge is -2.13. The monoisotopic (exact) mass is 340 g/mol. The molecule has 1 heterocycles. The zero-order valence-electron chi connectivity index (χ0n) is 13.4. The van der Waals surface area contributed by atoms with Crippen molar-refractivity contribution in [2.45, 2.75) is 6.92 Å². The van der Waals surface area contributed by atoms with E-state index in [2.05, 4.69) is 11.9 Å². The van der Waals surface area contributed by atoms with Crippen molar-refractivity contribution in [1.29, 1.82) is 0 Å². The first kappa shape index (κ1) is 19.4. The molecule has 1 rings (SSSR count). The Balaban J connectivity index is 1.97. The van der Waals surface area contributed by atoms with E-state index in [-0.39, 0.29) is 39.5 Å². The minimum atomic E-state index is -0.681. The van der Waals surface area contributed by atoms with Crippen LogP contribution in [0.4, 0.5) is 4.79 Å². The van der Waals surface area contributed by atoms with Crippen LogP contribution in [0.2, 0.25) is 0 Å². The first-order valence-electron chi connectivity index (χ1n) is 7.26. The van der Waals surface area contributed by atoms with Crippen molar-refractivity contribution in [3.8, 4) is 0 Å². The average molecular weight is 340 g/mol. The number of ether oxygens (including phenoxy) is 3. The fourth-order valence-corrected chi connectivity index (χ4v) is 1.58. The van der Waals surface area contributed by atoms with Gasteiger partial charge in [-0.1, -0.05) is 6.58 Å². The summed E-state index contributed by atoms with van der Waals surface area (Å²) in [7, 11) is 0. The van der Waals surface area contributed by atoms with E-state index in [1.165, 1.54) is 0 Å². The van der Waals surface area contributed by atoms with Gasteiger partial charge < -0.3 is 19.5 Å². The van der Waals surface area contributed by atoms with Gasteiger partial charge in [0.1, 0.15) is 13.2 Å². The highest BCUT2D eigenvalue weighted by Gasteiger charge is 2.22. The Hall–Kier alpha value is -2.68. The van der Waals surface area contributed by atoms with Crippen LogP contribution in [0.1, 0.15) is 6.92 Å². The van der Waals surface area contributed by atoms with Gasteiger partial charge in [-0.15, -0.1) is 0 Å². The van der Waals surface area contributed by atoms with Crippen LogP contribution >= 0.6 is 0 Å². The summed E-state index contributed by atoms with van der Waals surface area (Å²) in [4.78, 5) is 45.9. The summed E-state index contributed by atoms with van der Waals surface area (Å²) in [5.41, 5.74) is 0.313. The summed E-state index contributed by atoms with van der Waals surface area (Å²) < 4.78 is 14.8. The molecule has 0 aliphatic carbocycles. The molecule has 0 aromatic carbocycles. The SMILES string of the molecule is C=C(C)C(=O)OCCOCCNC(=O)OCCN1C(=O)C=CC1=O. The van der Waals surface area contributed by atoms with Gasteiger partial charge in [0.2, 0.25) is 0 Å². The summed E-state index contributed by atoms with van der Waals surface area (Å²) >= 11 is 0. The Morgan fingerprint density at radius 2 is 1.75 bits per heavy atom. The van der Waals surface area contributed by atoms with Gasteiger partial charge in [-0.05, 0) is 6.92 Å². The molecule has 3 amide bonds. The molecule has 0 unspecified atom stereocenters. The van der Waals surface area contributed by atoms with E-state index >= 15 is 0 Å². The maximum absolute atomic E-state index is 11.4. The van der Waals surface area contributed by atoms with Crippen LogP contribution in [-0.2, 0) is 28.6 Å². The molecule has 9 heteroatoms. The van der Waals surface area contributed by atoms with Crippen LogP contribution in [0.5, 0.6) is 0 Å².